The summed E-state index contributed by atoms with van der Waals surface area (Å²) in [6.07, 6.45) is 3.11. The van der Waals surface area contributed by atoms with Gasteiger partial charge >= 0.3 is 0 Å². The van der Waals surface area contributed by atoms with E-state index in [1.54, 1.807) is 24.3 Å². The highest BCUT2D eigenvalue weighted by Gasteiger charge is 2.21. The summed E-state index contributed by atoms with van der Waals surface area (Å²) < 4.78 is 14.1. The van der Waals surface area contributed by atoms with Gasteiger partial charge in [0.05, 0.1) is 17.0 Å². The van der Waals surface area contributed by atoms with Crippen LogP contribution in [0.15, 0.2) is 47.4 Å². The third-order valence-electron chi connectivity index (χ3n) is 4.77. The van der Waals surface area contributed by atoms with Crippen molar-refractivity contribution in [3.05, 3.63) is 59.4 Å². The lowest BCUT2D eigenvalue weighted by atomic mass is 10.1. The number of thioether (sulfide) groups is 1. The number of hydrogen-bond donors (Lipinski definition) is 1. The minimum Gasteiger partial charge on any atom is -0.339 e. The van der Waals surface area contributed by atoms with E-state index in [0.717, 1.165) is 44.1 Å². The fourth-order valence-corrected chi connectivity index (χ4v) is 3.93. The van der Waals surface area contributed by atoms with Crippen LogP contribution in [0.4, 0.5) is 10.1 Å². The van der Waals surface area contributed by atoms with Crippen molar-refractivity contribution in [1.82, 2.24) is 4.90 Å². The van der Waals surface area contributed by atoms with Crippen LogP contribution in [0.3, 0.4) is 0 Å². The van der Waals surface area contributed by atoms with Crippen molar-refractivity contribution in [1.29, 1.82) is 0 Å². The molecule has 29 heavy (non-hydrogen) atoms. The molecule has 1 aliphatic heterocycles. The molecule has 152 valence electrons. The number of carbonyl (C=O) groups is 3. The van der Waals surface area contributed by atoms with Gasteiger partial charge in [0.15, 0.2) is 5.78 Å². The Morgan fingerprint density at radius 2 is 1.79 bits per heavy atom. The lowest BCUT2D eigenvalue weighted by Crippen LogP contribution is -2.36. The SMILES string of the molecule is CC(=O)c1ccc(SCC(=O)Nc2ccccc2C(=O)N2CCCCC2)c(F)c1. The number of rotatable bonds is 6. The van der Waals surface area contributed by atoms with Gasteiger partial charge in [-0.3, -0.25) is 14.4 Å². The van der Waals surface area contributed by atoms with Crippen molar-refractivity contribution >= 4 is 35.0 Å². The van der Waals surface area contributed by atoms with Gasteiger partial charge < -0.3 is 10.2 Å². The first-order valence-electron chi connectivity index (χ1n) is 9.57. The molecule has 1 N–H and O–H groups in total. The molecular weight excluding hydrogens is 391 g/mol. The van der Waals surface area contributed by atoms with E-state index in [9.17, 15) is 18.8 Å². The smallest absolute Gasteiger partial charge is 0.255 e. The van der Waals surface area contributed by atoms with Gasteiger partial charge in [0.1, 0.15) is 5.82 Å². The Morgan fingerprint density at radius 3 is 2.48 bits per heavy atom. The lowest BCUT2D eigenvalue weighted by Gasteiger charge is -2.27. The molecule has 2 amide bonds. The molecule has 0 unspecified atom stereocenters. The third-order valence-corrected chi connectivity index (χ3v) is 5.82. The molecule has 0 aromatic heterocycles. The number of likely N-dealkylation sites (tertiary alicyclic amines) is 1. The number of piperidine rings is 1. The molecule has 0 bridgehead atoms. The van der Waals surface area contributed by atoms with Crippen molar-refractivity contribution in [2.24, 2.45) is 0 Å². The summed E-state index contributed by atoms with van der Waals surface area (Å²) in [6, 6.07) is 11.1. The average Bonchev–Trinajstić information content (AvgIpc) is 2.73. The Balaban J connectivity index is 1.64. The molecule has 0 atom stereocenters. The number of ketones is 1. The Morgan fingerprint density at radius 1 is 1.07 bits per heavy atom. The Labute approximate surface area is 173 Å². The van der Waals surface area contributed by atoms with Crippen molar-refractivity contribution in [3.8, 4) is 0 Å². The van der Waals surface area contributed by atoms with Crippen LogP contribution >= 0.6 is 11.8 Å². The number of nitrogens with one attached hydrogen (secondary N) is 1. The molecule has 1 fully saturated rings. The van der Waals surface area contributed by atoms with Gasteiger partial charge in [0.25, 0.3) is 5.91 Å². The van der Waals surface area contributed by atoms with Gasteiger partial charge in [-0.1, -0.05) is 18.2 Å². The van der Waals surface area contributed by atoms with E-state index < -0.39 is 5.82 Å². The van der Waals surface area contributed by atoms with Crippen LogP contribution in [0.25, 0.3) is 0 Å². The van der Waals surface area contributed by atoms with Gasteiger partial charge in [-0.15, -0.1) is 11.8 Å². The van der Waals surface area contributed by atoms with E-state index in [1.165, 1.54) is 25.1 Å². The van der Waals surface area contributed by atoms with Crippen LogP contribution in [0.1, 0.15) is 46.9 Å². The number of amides is 2. The maximum Gasteiger partial charge on any atom is 0.255 e. The molecule has 3 rings (SSSR count). The summed E-state index contributed by atoms with van der Waals surface area (Å²) in [5, 5.41) is 2.77. The number of benzene rings is 2. The molecule has 1 saturated heterocycles. The molecule has 5 nitrogen and oxygen atoms in total. The molecule has 1 aliphatic rings. The first-order chi connectivity index (χ1) is 14.0. The zero-order chi connectivity index (χ0) is 20.8. The molecule has 0 spiro atoms. The van der Waals surface area contributed by atoms with Crippen LogP contribution in [-0.4, -0.2) is 41.3 Å². The maximum absolute atomic E-state index is 14.1. The van der Waals surface area contributed by atoms with E-state index in [0.29, 0.717) is 21.7 Å². The Bertz CT molecular complexity index is 926. The summed E-state index contributed by atoms with van der Waals surface area (Å²) in [5.41, 5.74) is 1.22. The van der Waals surface area contributed by atoms with Crippen LogP contribution in [0.2, 0.25) is 0 Å². The minimum absolute atomic E-state index is 0.0113. The quantitative estimate of drug-likeness (QED) is 0.563. The van der Waals surface area contributed by atoms with Crippen molar-refractivity contribution in [2.45, 2.75) is 31.1 Å². The zero-order valence-corrected chi connectivity index (χ0v) is 17.1. The molecular formula is C22H23FN2O3S. The van der Waals surface area contributed by atoms with Crippen LogP contribution in [0.5, 0.6) is 0 Å². The summed E-state index contributed by atoms with van der Waals surface area (Å²) in [5.74, 6) is -1.17. The fraction of sp³-hybridized carbons (Fsp3) is 0.318. The summed E-state index contributed by atoms with van der Waals surface area (Å²) >= 11 is 1.04. The molecule has 2 aromatic rings. The monoisotopic (exact) mass is 414 g/mol. The first kappa shape index (κ1) is 21.0. The van der Waals surface area contributed by atoms with Crippen LogP contribution in [0, 0.1) is 5.82 Å². The zero-order valence-electron chi connectivity index (χ0n) is 16.2. The Hall–Kier alpha value is -2.67. The fourth-order valence-electron chi connectivity index (χ4n) is 3.21. The summed E-state index contributed by atoms with van der Waals surface area (Å²) in [6.45, 7) is 2.83. The number of para-hydroxylation sites is 1. The summed E-state index contributed by atoms with van der Waals surface area (Å²) in [7, 11) is 0. The Kier molecular flexibility index (Phi) is 7.04. The van der Waals surface area contributed by atoms with E-state index in [-0.39, 0.29) is 23.4 Å². The topological polar surface area (TPSA) is 66.5 Å². The average molecular weight is 415 g/mol. The van der Waals surface area contributed by atoms with Crippen molar-refractivity contribution < 1.29 is 18.8 Å². The maximum atomic E-state index is 14.1. The number of anilines is 1. The standard InChI is InChI=1S/C22H23FN2O3S/c1-15(26)16-9-10-20(18(23)13-16)29-14-21(27)24-19-8-4-3-7-17(19)22(28)25-11-5-2-6-12-25/h3-4,7-10,13H,2,5-6,11-12,14H2,1H3,(H,24,27). The highest BCUT2D eigenvalue weighted by molar-refractivity contribution is 8.00. The molecule has 1 heterocycles. The van der Waals surface area contributed by atoms with E-state index in [4.69, 9.17) is 0 Å². The minimum atomic E-state index is -0.531. The molecule has 7 heteroatoms. The van der Waals surface area contributed by atoms with E-state index >= 15 is 0 Å². The second-order valence-electron chi connectivity index (χ2n) is 6.94. The molecule has 2 aromatic carbocycles. The molecule has 0 saturated carbocycles. The largest absolute Gasteiger partial charge is 0.339 e. The second kappa shape index (κ2) is 9.69. The van der Waals surface area contributed by atoms with E-state index in [2.05, 4.69) is 5.32 Å². The van der Waals surface area contributed by atoms with E-state index in [1.807, 2.05) is 4.90 Å². The third kappa shape index (κ3) is 5.44. The molecule has 0 aliphatic carbocycles. The molecule has 0 radical (unpaired) electrons. The van der Waals surface area contributed by atoms with Gasteiger partial charge in [0, 0.05) is 23.5 Å². The predicted octanol–water partition coefficient (Wildman–Crippen LogP) is 4.39. The van der Waals surface area contributed by atoms with Crippen LogP contribution in [-0.2, 0) is 4.79 Å². The van der Waals surface area contributed by atoms with Crippen LogP contribution < -0.4 is 5.32 Å². The van der Waals surface area contributed by atoms with Gasteiger partial charge in [-0.25, -0.2) is 4.39 Å². The second-order valence-corrected chi connectivity index (χ2v) is 7.95. The number of nitrogens with zero attached hydrogens (tertiary/aromatic N) is 1. The number of Topliss-reactive ketones (excluding diaryl/α,β-unsaturated/α-hetero) is 1. The van der Waals surface area contributed by atoms with Gasteiger partial charge in [0.2, 0.25) is 5.91 Å². The highest BCUT2D eigenvalue weighted by Crippen LogP contribution is 2.24. The predicted molar refractivity (Wildman–Crippen MR) is 112 cm³/mol. The first-order valence-corrected chi connectivity index (χ1v) is 10.6. The van der Waals surface area contributed by atoms with Crippen molar-refractivity contribution in [3.63, 3.8) is 0 Å². The van der Waals surface area contributed by atoms with Crippen molar-refractivity contribution in [2.75, 3.05) is 24.2 Å². The highest BCUT2D eigenvalue weighted by atomic mass is 32.2. The number of halogens is 1. The normalized spacial score (nSPS) is 13.8. The van der Waals surface area contributed by atoms with Gasteiger partial charge in [-0.2, -0.15) is 0 Å². The summed E-state index contributed by atoms with van der Waals surface area (Å²) in [4.78, 5) is 38.6. The lowest BCUT2D eigenvalue weighted by molar-refractivity contribution is -0.113. The van der Waals surface area contributed by atoms with Gasteiger partial charge in [-0.05, 0) is 50.5 Å². The number of carbonyl (C=O) groups excluding carboxylic acids is 3. The number of hydrogen-bond acceptors (Lipinski definition) is 4.